The first-order chi connectivity index (χ1) is 15.0. The second-order valence-electron chi connectivity index (χ2n) is 7.47. The summed E-state index contributed by atoms with van der Waals surface area (Å²) < 4.78 is 5.65. The van der Waals surface area contributed by atoms with Gasteiger partial charge in [0.25, 0.3) is 0 Å². The van der Waals surface area contributed by atoms with Crippen LogP contribution in [-0.2, 0) is 6.54 Å². The van der Waals surface area contributed by atoms with Crippen LogP contribution in [0.15, 0.2) is 60.8 Å². The molecule has 3 aromatic rings. The van der Waals surface area contributed by atoms with Crippen LogP contribution < -0.4 is 20.7 Å². The number of likely N-dealkylation sites (N-methyl/N-ethyl adjacent to an activating group) is 1. The fourth-order valence-electron chi connectivity index (χ4n) is 2.98. The van der Waals surface area contributed by atoms with Crippen molar-refractivity contribution in [3.8, 4) is 5.75 Å². The van der Waals surface area contributed by atoms with Crippen LogP contribution in [0.5, 0.6) is 5.75 Å². The SMILES string of the molecule is CNCc1cnc(Nc2ccc(OCC(O)CN(C)C)cc2)nc1Nc1ccccc1. The van der Waals surface area contributed by atoms with E-state index in [-0.39, 0.29) is 6.61 Å². The average molecular weight is 423 g/mol. The van der Waals surface area contributed by atoms with Crippen LogP contribution >= 0.6 is 0 Å². The summed E-state index contributed by atoms with van der Waals surface area (Å²) in [6.45, 7) is 1.45. The second kappa shape index (κ2) is 11.3. The number of nitrogens with zero attached hydrogens (tertiary/aromatic N) is 3. The molecule has 2 aromatic carbocycles. The van der Waals surface area contributed by atoms with Gasteiger partial charge in [-0.15, -0.1) is 0 Å². The minimum atomic E-state index is -0.534. The van der Waals surface area contributed by atoms with Gasteiger partial charge >= 0.3 is 0 Å². The molecule has 164 valence electrons. The molecule has 0 aliphatic carbocycles. The van der Waals surface area contributed by atoms with Gasteiger partial charge in [-0.25, -0.2) is 4.98 Å². The van der Waals surface area contributed by atoms with Gasteiger partial charge in [0.1, 0.15) is 24.3 Å². The quantitative estimate of drug-likeness (QED) is 0.375. The van der Waals surface area contributed by atoms with E-state index in [4.69, 9.17) is 4.74 Å². The van der Waals surface area contributed by atoms with E-state index in [1.54, 1.807) is 6.20 Å². The molecule has 0 bridgehead atoms. The largest absolute Gasteiger partial charge is 0.491 e. The lowest BCUT2D eigenvalue weighted by molar-refractivity contribution is 0.0831. The standard InChI is InChI=1S/C23H30N6O2/c1-24-13-17-14-25-23(28-22(17)26-18-7-5-4-6-8-18)27-19-9-11-21(12-10-19)31-16-20(30)15-29(2)3/h4-12,14,20,24,30H,13,15-16H2,1-3H3,(H2,25,26,27,28). The van der Waals surface area contributed by atoms with E-state index in [1.807, 2.05) is 80.6 Å². The Kier molecular flexibility index (Phi) is 8.17. The van der Waals surface area contributed by atoms with Crippen LogP contribution in [0.2, 0.25) is 0 Å². The summed E-state index contributed by atoms with van der Waals surface area (Å²) in [5.74, 6) is 1.93. The molecule has 1 heterocycles. The molecular weight excluding hydrogens is 392 g/mol. The summed E-state index contributed by atoms with van der Waals surface area (Å²) in [5.41, 5.74) is 2.77. The molecule has 3 rings (SSSR count). The van der Waals surface area contributed by atoms with Gasteiger partial charge in [0.15, 0.2) is 0 Å². The van der Waals surface area contributed by atoms with Crippen molar-refractivity contribution in [2.75, 3.05) is 44.9 Å². The number of aliphatic hydroxyl groups is 1. The number of ether oxygens (including phenoxy) is 1. The molecule has 0 fully saturated rings. The predicted octanol–water partition coefficient (Wildman–Crippen LogP) is 2.98. The number of hydrogen-bond acceptors (Lipinski definition) is 8. The Balaban J connectivity index is 1.65. The Labute approximate surface area is 183 Å². The van der Waals surface area contributed by atoms with Crippen molar-refractivity contribution in [1.82, 2.24) is 20.2 Å². The Morgan fingerprint density at radius 3 is 2.39 bits per heavy atom. The zero-order chi connectivity index (χ0) is 22.1. The molecule has 0 aliphatic rings. The van der Waals surface area contributed by atoms with Gasteiger partial charge in [-0.2, -0.15) is 4.98 Å². The average Bonchev–Trinajstić information content (AvgIpc) is 2.75. The predicted molar refractivity (Wildman–Crippen MR) is 124 cm³/mol. The lowest BCUT2D eigenvalue weighted by Gasteiger charge is -2.16. The maximum absolute atomic E-state index is 9.92. The number of anilines is 4. The molecule has 0 aliphatic heterocycles. The van der Waals surface area contributed by atoms with Crippen LogP contribution in [0, 0.1) is 0 Å². The van der Waals surface area contributed by atoms with Crippen LogP contribution in [0.3, 0.4) is 0 Å². The summed E-state index contributed by atoms with van der Waals surface area (Å²) in [6, 6.07) is 17.4. The number of aliphatic hydroxyl groups excluding tert-OH is 1. The molecule has 1 aromatic heterocycles. The summed E-state index contributed by atoms with van der Waals surface area (Å²) >= 11 is 0. The van der Waals surface area contributed by atoms with E-state index < -0.39 is 6.10 Å². The Morgan fingerprint density at radius 2 is 1.71 bits per heavy atom. The molecule has 8 nitrogen and oxygen atoms in total. The van der Waals surface area contributed by atoms with Crippen molar-refractivity contribution in [2.45, 2.75) is 12.6 Å². The lowest BCUT2D eigenvalue weighted by Crippen LogP contribution is -2.30. The van der Waals surface area contributed by atoms with Gasteiger partial charge in [-0.1, -0.05) is 18.2 Å². The fraction of sp³-hybridized carbons (Fsp3) is 0.304. The summed E-state index contributed by atoms with van der Waals surface area (Å²) in [4.78, 5) is 11.0. The summed E-state index contributed by atoms with van der Waals surface area (Å²) in [7, 11) is 5.72. The third-order valence-corrected chi connectivity index (χ3v) is 4.40. The van der Waals surface area contributed by atoms with E-state index in [9.17, 15) is 5.11 Å². The molecule has 0 radical (unpaired) electrons. The van der Waals surface area contributed by atoms with E-state index >= 15 is 0 Å². The molecule has 4 N–H and O–H groups in total. The van der Waals surface area contributed by atoms with Crippen molar-refractivity contribution < 1.29 is 9.84 Å². The second-order valence-corrected chi connectivity index (χ2v) is 7.47. The van der Waals surface area contributed by atoms with E-state index in [0.717, 1.165) is 22.8 Å². The monoisotopic (exact) mass is 422 g/mol. The van der Waals surface area contributed by atoms with Gasteiger partial charge < -0.3 is 30.7 Å². The highest BCUT2D eigenvalue weighted by molar-refractivity contribution is 5.62. The third kappa shape index (κ3) is 7.21. The third-order valence-electron chi connectivity index (χ3n) is 4.40. The summed E-state index contributed by atoms with van der Waals surface area (Å²) in [6.07, 6.45) is 1.27. The first-order valence-electron chi connectivity index (χ1n) is 10.2. The maximum Gasteiger partial charge on any atom is 0.229 e. The number of aromatic nitrogens is 2. The van der Waals surface area contributed by atoms with E-state index in [1.165, 1.54) is 0 Å². The van der Waals surface area contributed by atoms with Crippen molar-refractivity contribution in [3.05, 3.63) is 66.4 Å². The normalized spacial score (nSPS) is 11.9. The highest BCUT2D eigenvalue weighted by atomic mass is 16.5. The Hall–Kier alpha value is -3.20. The molecule has 1 unspecified atom stereocenters. The van der Waals surface area contributed by atoms with Crippen molar-refractivity contribution in [2.24, 2.45) is 0 Å². The number of rotatable bonds is 11. The van der Waals surface area contributed by atoms with Crippen molar-refractivity contribution in [3.63, 3.8) is 0 Å². The molecule has 0 saturated heterocycles. The number of benzene rings is 2. The van der Waals surface area contributed by atoms with Crippen LogP contribution in [0.25, 0.3) is 0 Å². The zero-order valence-electron chi connectivity index (χ0n) is 18.2. The van der Waals surface area contributed by atoms with Crippen LogP contribution in [0.4, 0.5) is 23.1 Å². The zero-order valence-corrected chi connectivity index (χ0v) is 18.2. The molecule has 0 saturated carbocycles. The number of hydrogen-bond donors (Lipinski definition) is 4. The number of para-hydroxylation sites is 1. The molecule has 0 amide bonds. The van der Waals surface area contributed by atoms with Crippen molar-refractivity contribution >= 4 is 23.1 Å². The maximum atomic E-state index is 9.92. The van der Waals surface area contributed by atoms with E-state index in [0.29, 0.717) is 24.8 Å². The first kappa shape index (κ1) is 22.5. The molecular formula is C23H30N6O2. The number of nitrogens with one attached hydrogen (secondary N) is 3. The van der Waals surface area contributed by atoms with Gasteiger partial charge in [-0.05, 0) is 57.5 Å². The Bertz CT molecular complexity index is 935. The first-order valence-corrected chi connectivity index (χ1v) is 10.2. The van der Waals surface area contributed by atoms with Gasteiger partial charge in [0, 0.05) is 36.2 Å². The van der Waals surface area contributed by atoms with Gasteiger partial charge in [-0.3, -0.25) is 0 Å². The Morgan fingerprint density at radius 1 is 1.00 bits per heavy atom. The van der Waals surface area contributed by atoms with Gasteiger partial charge in [0.05, 0.1) is 0 Å². The highest BCUT2D eigenvalue weighted by Gasteiger charge is 2.09. The minimum absolute atomic E-state index is 0.246. The molecule has 0 spiro atoms. The van der Waals surface area contributed by atoms with Crippen LogP contribution in [-0.4, -0.2) is 60.4 Å². The topological polar surface area (TPSA) is 94.6 Å². The smallest absolute Gasteiger partial charge is 0.229 e. The highest BCUT2D eigenvalue weighted by Crippen LogP contribution is 2.22. The minimum Gasteiger partial charge on any atom is -0.491 e. The molecule has 8 heteroatoms. The van der Waals surface area contributed by atoms with Crippen LogP contribution in [0.1, 0.15) is 5.56 Å². The van der Waals surface area contributed by atoms with Gasteiger partial charge in [0.2, 0.25) is 5.95 Å². The molecule has 1 atom stereocenters. The molecule has 31 heavy (non-hydrogen) atoms. The fourth-order valence-corrected chi connectivity index (χ4v) is 2.98. The van der Waals surface area contributed by atoms with E-state index in [2.05, 4.69) is 25.9 Å². The van der Waals surface area contributed by atoms with Crippen molar-refractivity contribution in [1.29, 1.82) is 0 Å². The lowest BCUT2D eigenvalue weighted by atomic mass is 10.2. The summed E-state index contributed by atoms with van der Waals surface area (Å²) in [5, 5.41) is 19.6.